The molecule has 0 aromatic heterocycles. The average molecular weight is 458 g/mol. The summed E-state index contributed by atoms with van der Waals surface area (Å²) in [6.07, 6.45) is -4.47. The van der Waals surface area contributed by atoms with E-state index in [0.29, 0.717) is 0 Å². The van der Waals surface area contributed by atoms with Crippen molar-refractivity contribution in [3.63, 3.8) is 0 Å². The molecular weight excluding hydrogens is 440 g/mol. The molecule has 0 spiro atoms. The SMILES string of the molecule is CC(C)(NC(=O)c1cc(F)c2ccccc2c1OCC1=NC(C(F)(F)F)CS1)C(=O)O. The van der Waals surface area contributed by atoms with Gasteiger partial charge in [-0.2, -0.15) is 13.2 Å². The van der Waals surface area contributed by atoms with Gasteiger partial charge in [0, 0.05) is 16.5 Å². The van der Waals surface area contributed by atoms with Crippen LogP contribution in [0.3, 0.4) is 0 Å². The molecule has 6 nitrogen and oxygen atoms in total. The molecule has 166 valence electrons. The van der Waals surface area contributed by atoms with Crippen LogP contribution in [0.4, 0.5) is 17.6 Å². The molecule has 1 amide bonds. The molecule has 1 heterocycles. The number of carboxylic acid groups (broad SMARTS) is 1. The highest BCUT2D eigenvalue weighted by Gasteiger charge is 2.42. The molecule has 0 bridgehead atoms. The van der Waals surface area contributed by atoms with E-state index in [-0.39, 0.29) is 39.5 Å². The van der Waals surface area contributed by atoms with Crippen LogP contribution in [-0.2, 0) is 4.79 Å². The molecule has 2 N–H and O–H groups in total. The van der Waals surface area contributed by atoms with E-state index in [9.17, 15) is 32.3 Å². The van der Waals surface area contributed by atoms with Gasteiger partial charge in [-0.25, -0.2) is 9.18 Å². The third-order valence-electron chi connectivity index (χ3n) is 4.58. The first-order valence-electron chi connectivity index (χ1n) is 9.06. The molecule has 0 aliphatic carbocycles. The number of aliphatic imine (C=N–C) groups is 1. The summed E-state index contributed by atoms with van der Waals surface area (Å²) in [5, 5.41) is 12.0. The fourth-order valence-electron chi connectivity index (χ4n) is 2.84. The second-order valence-electron chi connectivity index (χ2n) is 7.34. The maximum atomic E-state index is 14.6. The van der Waals surface area contributed by atoms with Crippen LogP contribution in [0.15, 0.2) is 35.3 Å². The highest BCUT2D eigenvalue weighted by Crippen LogP contribution is 2.35. The third kappa shape index (κ3) is 4.92. The number of thioether (sulfide) groups is 1. The molecular formula is C20H18F4N2O4S. The third-order valence-corrected chi connectivity index (χ3v) is 5.61. The summed E-state index contributed by atoms with van der Waals surface area (Å²) in [5.41, 5.74) is -1.93. The number of nitrogens with one attached hydrogen (secondary N) is 1. The normalized spacial score (nSPS) is 16.8. The molecule has 0 saturated heterocycles. The first-order chi connectivity index (χ1) is 14.4. The summed E-state index contributed by atoms with van der Waals surface area (Å²) in [7, 11) is 0. The molecule has 1 aliphatic heterocycles. The fraction of sp³-hybridized carbons (Fsp3) is 0.350. The maximum Gasteiger partial charge on any atom is 0.411 e. The average Bonchev–Trinajstić information content (AvgIpc) is 3.16. The second kappa shape index (κ2) is 8.37. The van der Waals surface area contributed by atoms with Crippen molar-refractivity contribution in [3.05, 3.63) is 41.7 Å². The fourth-order valence-corrected chi connectivity index (χ4v) is 3.80. The Hall–Kier alpha value is -2.82. The molecule has 3 rings (SSSR count). The number of halogens is 4. The number of hydrogen-bond acceptors (Lipinski definition) is 5. The van der Waals surface area contributed by atoms with E-state index in [1.807, 2.05) is 0 Å². The number of rotatable bonds is 6. The monoisotopic (exact) mass is 458 g/mol. The molecule has 1 atom stereocenters. The number of ether oxygens (including phenoxy) is 1. The minimum Gasteiger partial charge on any atom is -0.485 e. The summed E-state index contributed by atoms with van der Waals surface area (Å²) >= 11 is 0.886. The Morgan fingerprint density at radius 2 is 1.90 bits per heavy atom. The minimum atomic E-state index is -4.47. The number of hydrogen-bond donors (Lipinski definition) is 2. The molecule has 1 unspecified atom stereocenters. The quantitative estimate of drug-likeness (QED) is 0.639. The van der Waals surface area contributed by atoms with Gasteiger partial charge in [-0.05, 0) is 19.9 Å². The Bertz CT molecular complexity index is 1070. The van der Waals surface area contributed by atoms with Crippen molar-refractivity contribution in [3.8, 4) is 5.75 Å². The van der Waals surface area contributed by atoms with E-state index < -0.39 is 35.5 Å². The smallest absolute Gasteiger partial charge is 0.411 e. The lowest BCUT2D eigenvalue weighted by molar-refractivity contribution is -0.143. The summed E-state index contributed by atoms with van der Waals surface area (Å²) < 4.78 is 58.8. The van der Waals surface area contributed by atoms with Crippen LogP contribution < -0.4 is 10.1 Å². The Kier molecular flexibility index (Phi) is 6.17. The molecule has 11 heteroatoms. The van der Waals surface area contributed by atoms with Crippen molar-refractivity contribution < 1.29 is 37.0 Å². The van der Waals surface area contributed by atoms with Crippen LogP contribution >= 0.6 is 11.8 Å². The van der Waals surface area contributed by atoms with Crippen LogP contribution in [0.2, 0.25) is 0 Å². The van der Waals surface area contributed by atoms with Crippen LogP contribution in [0.25, 0.3) is 10.8 Å². The van der Waals surface area contributed by atoms with Crippen LogP contribution in [0, 0.1) is 5.82 Å². The Morgan fingerprint density at radius 3 is 2.48 bits per heavy atom. The zero-order valence-electron chi connectivity index (χ0n) is 16.4. The highest BCUT2D eigenvalue weighted by molar-refractivity contribution is 8.14. The molecule has 0 saturated carbocycles. The lowest BCUT2D eigenvalue weighted by Gasteiger charge is -2.22. The molecule has 2 aromatic carbocycles. The largest absolute Gasteiger partial charge is 0.485 e. The van der Waals surface area contributed by atoms with Gasteiger partial charge in [-0.15, -0.1) is 11.8 Å². The van der Waals surface area contributed by atoms with Gasteiger partial charge in [0.15, 0.2) is 6.04 Å². The summed E-state index contributed by atoms with van der Waals surface area (Å²) in [6, 6.07) is 5.19. The number of fused-ring (bicyclic) bond motifs is 1. The predicted molar refractivity (Wildman–Crippen MR) is 108 cm³/mol. The van der Waals surface area contributed by atoms with Crippen molar-refractivity contribution in [2.45, 2.75) is 31.6 Å². The van der Waals surface area contributed by atoms with Gasteiger partial charge in [-0.1, -0.05) is 24.3 Å². The van der Waals surface area contributed by atoms with Gasteiger partial charge >= 0.3 is 12.1 Å². The predicted octanol–water partition coefficient (Wildman–Crippen LogP) is 4.03. The summed E-state index contributed by atoms with van der Waals surface area (Å²) in [5.74, 6) is -3.28. The van der Waals surface area contributed by atoms with Gasteiger partial charge < -0.3 is 15.2 Å². The lowest BCUT2D eigenvalue weighted by Crippen LogP contribution is -2.49. The lowest BCUT2D eigenvalue weighted by atomic mass is 10.0. The first kappa shape index (κ1) is 22.9. The number of aliphatic carboxylic acids is 1. The van der Waals surface area contributed by atoms with E-state index in [1.165, 1.54) is 26.0 Å². The summed E-state index contributed by atoms with van der Waals surface area (Å²) in [4.78, 5) is 27.7. The van der Waals surface area contributed by atoms with Gasteiger partial charge in [0.05, 0.1) is 5.56 Å². The number of amides is 1. The number of benzene rings is 2. The maximum absolute atomic E-state index is 14.6. The number of carboxylic acids is 1. The zero-order chi connectivity index (χ0) is 23.0. The summed E-state index contributed by atoms with van der Waals surface area (Å²) in [6.45, 7) is 2.16. The molecule has 0 fully saturated rings. The Morgan fingerprint density at radius 1 is 1.26 bits per heavy atom. The van der Waals surface area contributed by atoms with Gasteiger partial charge in [0.2, 0.25) is 0 Å². The Balaban J connectivity index is 1.97. The second-order valence-corrected chi connectivity index (χ2v) is 8.44. The molecule has 0 radical (unpaired) electrons. The van der Waals surface area contributed by atoms with Crippen molar-refractivity contribution in [2.24, 2.45) is 4.99 Å². The molecule has 2 aromatic rings. The van der Waals surface area contributed by atoms with Gasteiger partial charge in [0.25, 0.3) is 5.91 Å². The van der Waals surface area contributed by atoms with Gasteiger partial charge in [-0.3, -0.25) is 9.79 Å². The van der Waals surface area contributed by atoms with Crippen molar-refractivity contribution >= 4 is 39.5 Å². The van der Waals surface area contributed by atoms with Crippen molar-refractivity contribution in [1.29, 1.82) is 0 Å². The highest BCUT2D eigenvalue weighted by atomic mass is 32.2. The minimum absolute atomic E-state index is 0.0746. The molecule has 1 aliphatic rings. The molecule has 31 heavy (non-hydrogen) atoms. The van der Waals surface area contributed by atoms with Crippen LogP contribution in [0.1, 0.15) is 24.2 Å². The van der Waals surface area contributed by atoms with Crippen molar-refractivity contribution in [1.82, 2.24) is 5.32 Å². The zero-order valence-corrected chi connectivity index (χ0v) is 17.2. The standard InChI is InChI=1S/C20H18F4N2O4S/c1-19(2,18(28)29)26-17(27)12-7-13(21)10-5-3-4-6-11(10)16(12)30-8-15-25-14(9-31-15)20(22,23)24/h3-7,14H,8-9H2,1-2H3,(H,26,27)(H,28,29). The van der Waals surface area contributed by atoms with E-state index in [2.05, 4.69) is 10.3 Å². The Labute approximate surface area is 178 Å². The van der Waals surface area contributed by atoms with E-state index in [1.54, 1.807) is 12.1 Å². The van der Waals surface area contributed by atoms with Crippen LogP contribution in [-0.4, -0.2) is 52.1 Å². The first-order valence-corrected chi connectivity index (χ1v) is 10.0. The van der Waals surface area contributed by atoms with E-state index in [4.69, 9.17) is 4.74 Å². The number of carbonyl (C=O) groups is 2. The van der Waals surface area contributed by atoms with E-state index in [0.717, 1.165) is 17.8 Å². The van der Waals surface area contributed by atoms with Crippen molar-refractivity contribution in [2.75, 3.05) is 12.4 Å². The topological polar surface area (TPSA) is 88.0 Å². The van der Waals surface area contributed by atoms with E-state index >= 15 is 0 Å². The van der Waals surface area contributed by atoms with Gasteiger partial charge in [0.1, 0.15) is 28.8 Å². The number of alkyl halides is 3. The number of carbonyl (C=O) groups excluding carboxylic acids is 1. The number of nitrogens with zero attached hydrogens (tertiary/aromatic N) is 1. The van der Waals surface area contributed by atoms with Crippen LogP contribution in [0.5, 0.6) is 5.75 Å².